The van der Waals surface area contributed by atoms with E-state index < -0.39 is 19.1 Å². The zero-order chi connectivity index (χ0) is 16.5. The molecule has 1 aromatic rings. The van der Waals surface area contributed by atoms with Crippen molar-refractivity contribution in [1.29, 1.82) is 0 Å². The molecule has 0 saturated heterocycles. The first kappa shape index (κ1) is 18.2. The lowest BCUT2D eigenvalue weighted by Gasteiger charge is -2.11. The van der Waals surface area contributed by atoms with E-state index in [4.69, 9.17) is 15.2 Å². The molecule has 1 aromatic carbocycles. The molecule has 1 unspecified atom stereocenters. The second-order valence-electron chi connectivity index (χ2n) is 4.93. The number of carboxylic acid groups (broad SMARTS) is 1. The lowest BCUT2D eigenvalue weighted by molar-refractivity contribution is -0.139. The van der Waals surface area contributed by atoms with Crippen molar-refractivity contribution < 1.29 is 24.7 Å². The Balaban J connectivity index is 2.30. The zero-order valence-electron chi connectivity index (χ0n) is 12.5. The Kier molecular flexibility index (Phi) is 7.58. The van der Waals surface area contributed by atoms with E-state index in [0.29, 0.717) is 36.8 Å². The van der Waals surface area contributed by atoms with Gasteiger partial charge in [0.05, 0.1) is 0 Å². The fraction of sp³-hybridized carbons (Fsp3) is 0.429. The summed E-state index contributed by atoms with van der Waals surface area (Å²) in [6.07, 6.45) is 1.88. The predicted octanol–water partition coefficient (Wildman–Crippen LogP) is -1.06. The van der Waals surface area contributed by atoms with E-state index in [-0.39, 0.29) is 5.91 Å². The number of benzene rings is 1. The highest BCUT2D eigenvalue weighted by molar-refractivity contribution is 6.58. The molecule has 1 rings (SSSR count). The minimum Gasteiger partial charge on any atom is -0.480 e. The molecular formula is C14H21BN2O5. The summed E-state index contributed by atoms with van der Waals surface area (Å²) in [6, 6.07) is 5.43. The summed E-state index contributed by atoms with van der Waals surface area (Å²) in [4.78, 5) is 22.6. The van der Waals surface area contributed by atoms with Crippen LogP contribution in [0, 0.1) is 0 Å². The van der Waals surface area contributed by atoms with Gasteiger partial charge in [-0.05, 0) is 43.9 Å². The molecule has 8 heteroatoms. The summed E-state index contributed by atoms with van der Waals surface area (Å²) in [5, 5.41) is 32.2. The van der Waals surface area contributed by atoms with Crippen molar-refractivity contribution in [2.45, 2.75) is 25.3 Å². The van der Waals surface area contributed by atoms with Gasteiger partial charge in [0.15, 0.2) is 0 Å². The Labute approximate surface area is 129 Å². The van der Waals surface area contributed by atoms with E-state index in [1.807, 2.05) is 0 Å². The van der Waals surface area contributed by atoms with Crippen LogP contribution in [0.4, 0.5) is 0 Å². The van der Waals surface area contributed by atoms with Crippen molar-refractivity contribution in [2.75, 3.05) is 13.6 Å². The molecule has 1 amide bonds. The molecule has 5 N–H and O–H groups in total. The first-order valence-electron chi connectivity index (χ1n) is 7.10. The number of carbonyl (C=O) groups is 2. The largest absolute Gasteiger partial charge is 0.488 e. The third-order valence-electron chi connectivity index (χ3n) is 3.32. The van der Waals surface area contributed by atoms with E-state index in [2.05, 4.69) is 10.6 Å². The average Bonchev–Trinajstić information content (AvgIpc) is 2.50. The molecule has 0 aliphatic heterocycles. The number of hydrogen-bond donors (Lipinski definition) is 5. The number of likely N-dealkylation sites (N-methyl/N-ethyl adjacent to an activating group) is 1. The average molecular weight is 308 g/mol. The van der Waals surface area contributed by atoms with Gasteiger partial charge < -0.3 is 25.8 Å². The minimum atomic E-state index is -1.55. The van der Waals surface area contributed by atoms with Crippen LogP contribution in [0.1, 0.15) is 29.6 Å². The maximum atomic E-state index is 11.8. The molecule has 0 spiro atoms. The minimum absolute atomic E-state index is 0.248. The standard InChI is InChI=1S/C14H21BN2O5/c1-16-12(14(19)20)4-2-3-9-17-13(18)10-5-7-11(8-6-10)15(21)22/h5-8,12,16,21-22H,2-4,9H2,1H3,(H,17,18)(H,19,20). The molecule has 0 bridgehead atoms. The highest BCUT2D eigenvalue weighted by Crippen LogP contribution is 2.01. The van der Waals surface area contributed by atoms with Gasteiger partial charge in [0, 0.05) is 12.1 Å². The van der Waals surface area contributed by atoms with Crippen LogP contribution in [0.5, 0.6) is 0 Å². The second-order valence-corrected chi connectivity index (χ2v) is 4.93. The highest BCUT2D eigenvalue weighted by atomic mass is 16.4. The van der Waals surface area contributed by atoms with Gasteiger partial charge in [-0.1, -0.05) is 12.1 Å². The van der Waals surface area contributed by atoms with Crippen LogP contribution in [0.15, 0.2) is 24.3 Å². The normalized spacial score (nSPS) is 11.8. The van der Waals surface area contributed by atoms with Crippen LogP contribution in [-0.2, 0) is 4.79 Å². The van der Waals surface area contributed by atoms with Crippen molar-refractivity contribution in [3.63, 3.8) is 0 Å². The molecule has 0 fully saturated rings. The smallest absolute Gasteiger partial charge is 0.480 e. The van der Waals surface area contributed by atoms with Crippen molar-refractivity contribution in [1.82, 2.24) is 10.6 Å². The highest BCUT2D eigenvalue weighted by Gasteiger charge is 2.14. The fourth-order valence-electron chi connectivity index (χ4n) is 1.98. The predicted molar refractivity (Wildman–Crippen MR) is 82.9 cm³/mol. The summed E-state index contributed by atoms with van der Waals surface area (Å²) in [6.45, 7) is 0.458. The first-order valence-corrected chi connectivity index (χ1v) is 7.10. The summed E-state index contributed by atoms with van der Waals surface area (Å²) in [5.74, 6) is -1.12. The molecule has 0 aromatic heterocycles. The molecule has 0 aliphatic carbocycles. The zero-order valence-corrected chi connectivity index (χ0v) is 12.5. The van der Waals surface area contributed by atoms with E-state index in [1.54, 1.807) is 7.05 Å². The Hall–Kier alpha value is -1.90. The van der Waals surface area contributed by atoms with Gasteiger partial charge in [-0.15, -0.1) is 0 Å². The summed E-state index contributed by atoms with van der Waals surface area (Å²) < 4.78 is 0. The van der Waals surface area contributed by atoms with Crippen molar-refractivity contribution in [2.24, 2.45) is 0 Å². The fourth-order valence-corrected chi connectivity index (χ4v) is 1.98. The van der Waals surface area contributed by atoms with Crippen LogP contribution in [0.3, 0.4) is 0 Å². The number of nitrogens with one attached hydrogen (secondary N) is 2. The molecule has 1 atom stereocenters. The first-order chi connectivity index (χ1) is 10.5. The maximum absolute atomic E-state index is 11.8. The molecular weight excluding hydrogens is 287 g/mol. The van der Waals surface area contributed by atoms with Crippen molar-refractivity contribution >= 4 is 24.5 Å². The van der Waals surface area contributed by atoms with Crippen molar-refractivity contribution in [3.05, 3.63) is 29.8 Å². The van der Waals surface area contributed by atoms with E-state index in [9.17, 15) is 9.59 Å². The monoisotopic (exact) mass is 308 g/mol. The van der Waals surface area contributed by atoms with Gasteiger partial charge in [-0.3, -0.25) is 9.59 Å². The van der Waals surface area contributed by atoms with Gasteiger partial charge in [-0.2, -0.15) is 0 Å². The molecule has 0 aliphatic rings. The van der Waals surface area contributed by atoms with Crippen LogP contribution in [0.2, 0.25) is 0 Å². The number of unbranched alkanes of at least 4 members (excludes halogenated alkanes) is 1. The lowest BCUT2D eigenvalue weighted by atomic mass is 9.80. The summed E-state index contributed by atoms with van der Waals surface area (Å²) >= 11 is 0. The molecule has 120 valence electrons. The van der Waals surface area contributed by atoms with E-state index >= 15 is 0 Å². The molecule has 7 nitrogen and oxygen atoms in total. The molecule has 0 heterocycles. The number of amides is 1. The van der Waals surface area contributed by atoms with Gasteiger partial charge in [0.1, 0.15) is 6.04 Å². The summed E-state index contributed by atoms with van der Waals surface area (Å²) in [7, 11) is 0.0551. The quantitative estimate of drug-likeness (QED) is 0.293. The number of carbonyl (C=O) groups excluding carboxylic acids is 1. The second kappa shape index (κ2) is 9.19. The molecule has 22 heavy (non-hydrogen) atoms. The van der Waals surface area contributed by atoms with Gasteiger partial charge in [-0.25, -0.2) is 0 Å². The summed E-state index contributed by atoms with van der Waals surface area (Å²) in [5.41, 5.74) is 0.756. The molecule has 0 radical (unpaired) electrons. The maximum Gasteiger partial charge on any atom is 0.488 e. The number of hydrogen-bond acceptors (Lipinski definition) is 5. The van der Waals surface area contributed by atoms with Gasteiger partial charge >= 0.3 is 13.1 Å². The van der Waals surface area contributed by atoms with E-state index in [1.165, 1.54) is 24.3 Å². The van der Waals surface area contributed by atoms with Gasteiger partial charge in [0.25, 0.3) is 5.91 Å². The third-order valence-corrected chi connectivity index (χ3v) is 3.32. The van der Waals surface area contributed by atoms with Crippen LogP contribution < -0.4 is 16.1 Å². The SMILES string of the molecule is CNC(CCCCNC(=O)c1ccc(B(O)O)cc1)C(=O)O. The Bertz CT molecular complexity index is 493. The Morgan fingerprint density at radius 2 is 1.82 bits per heavy atom. The number of aliphatic carboxylic acids is 1. The van der Waals surface area contributed by atoms with Crippen LogP contribution in [0.25, 0.3) is 0 Å². The Morgan fingerprint density at radius 1 is 1.18 bits per heavy atom. The third kappa shape index (κ3) is 5.84. The Morgan fingerprint density at radius 3 is 2.32 bits per heavy atom. The van der Waals surface area contributed by atoms with Gasteiger partial charge in [0.2, 0.25) is 0 Å². The van der Waals surface area contributed by atoms with Crippen LogP contribution >= 0.6 is 0 Å². The van der Waals surface area contributed by atoms with E-state index in [0.717, 1.165) is 0 Å². The number of carboxylic acids is 1. The lowest BCUT2D eigenvalue weighted by Crippen LogP contribution is -2.34. The van der Waals surface area contributed by atoms with Crippen molar-refractivity contribution in [3.8, 4) is 0 Å². The number of rotatable bonds is 9. The molecule has 0 saturated carbocycles. The topological polar surface area (TPSA) is 119 Å². The van der Waals surface area contributed by atoms with Crippen LogP contribution in [-0.4, -0.2) is 53.8 Å².